The Morgan fingerprint density at radius 2 is 2.12 bits per heavy atom. The van der Waals surface area contributed by atoms with Crippen molar-refractivity contribution >= 4 is 21.9 Å². The van der Waals surface area contributed by atoms with Crippen molar-refractivity contribution in [1.82, 2.24) is 0 Å². The number of rotatable bonds is 3. The number of carbonyl (C=O) groups is 1. The van der Waals surface area contributed by atoms with E-state index in [1.807, 2.05) is 13.0 Å². The highest BCUT2D eigenvalue weighted by Gasteiger charge is 2.11. The molecule has 0 fully saturated rings. The van der Waals surface area contributed by atoms with E-state index < -0.39 is 0 Å². The molecular formula is C12H12BrNO2. The first-order valence-corrected chi connectivity index (χ1v) is 5.69. The lowest BCUT2D eigenvalue weighted by Gasteiger charge is -2.08. The molecule has 1 aromatic carbocycles. The number of halogens is 1. The monoisotopic (exact) mass is 281 g/mol. The quantitative estimate of drug-likeness (QED) is 0.801. The van der Waals surface area contributed by atoms with Gasteiger partial charge in [-0.15, -0.1) is 0 Å². The molecule has 0 aliphatic carbocycles. The van der Waals surface area contributed by atoms with E-state index in [1.54, 1.807) is 6.07 Å². The Hall–Kier alpha value is -1.34. The van der Waals surface area contributed by atoms with E-state index >= 15 is 0 Å². The molecule has 0 saturated carbocycles. The molecule has 0 aliphatic heterocycles. The van der Waals surface area contributed by atoms with Crippen LogP contribution in [0.25, 0.3) is 0 Å². The molecule has 0 bridgehead atoms. The van der Waals surface area contributed by atoms with E-state index in [0.29, 0.717) is 5.56 Å². The van der Waals surface area contributed by atoms with Crippen LogP contribution in [-0.4, -0.2) is 13.1 Å². The maximum atomic E-state index is 11.2. The zero-order chi connectivity index (χ0) is 12.1. The van der Waals surface area contributed by atoms with Crippen LogP contribution in [0.1, 0.15) is 23.6 Å². The average Bonchev–Trinajstić information content (AvgIpc) is 2.31. The van der Waals surface area contributed by atoms with Crippen LogP contribution in [0.3, 0.4) is 0 Å². The summed E-state index contributed by atoms with van der Waals surface area (Å²) in [6, 6.07) is 5.62. The lowest BCUT2D eigenvalue weighted by Crippen LogP contribution is -2.06. The van der Waals surface area contributed by atoms with Gasteiger partial charge in [-0.25, -0.2) is 0 Å². The first-order valence-electron chi connectivity index (χ1n) is 4.90. The van der Waals surface area contributed by atoms with Gasteiger partial charge in [0.05, 0.1) is 25.2 Å². The number of hydrogen-bond acceptors (Lipinski definition) is 3. The highest BCUT2D eigenvalue weighted by molar-refractivity contribution is 9.10. The molecule has 0 aliphatic rings. The Morgan fingerprint density at radius 3 is 2.62 bits per heavy atom. The van der Waals surface area contributed by atoms with Crippen LogP contribution in [0.2, 0.25) is 0 Å². The Labute approximate surface area is 103 Å². The van der Waals surface area contributed by atoms with Gasteiger partial charge in [-0.1, -0.05) is 22.9 Å². The number of nitrogens with zero attached hydrogens (tertiary/aromatic N) is 1. The van der Waals surface area contributed by atoms with Crippen molar-refractivity contribution in [2.45, 2.75) is 19.8 Å². The maximum absolute atomic E-state index is 11.2. The second-order valence-corrected chi connectivity index (χ2v) is 4.12. The molecule has 16 heavy (non-hydrogen) atoms. The predicted octanol–water partition coefficient (Wildman–Crippen LogP) is 2.60. The minimum absolute atomic E-state index is 0.180. The lowest BCUT2D eigenvalue weighted by atomic mass is 10.0. The van der Waals surface area contributed by atoms with Gasteiger partial charge in [-0.3, -0.25) is 4.79 Å². The van der Waals surface area contributed by atoms with Crippen LogP contribution in [0.15, 0.2) is 16.6 Å². The highest BCUT2D eigenvalue weighted by atomic mass is 79.9. The second-order valence-electron chi connectivity index (χ2n) is 3.33. The Bertz CT molecular complexity index is 449. The Morgan fingerprint density at radius 1 is 1.50 bits per heavy atom. The summed E-state index contributed by atoms with van der Waals surface area (Å²) in [6.07, 6.45) is 0.990. The van der Waals surface area contributed by atoms with Gasteiger partial charge >= 0.3 is 5.97 Å². The third-order valence-electron chi connectivity index (χ3n) is 2.30. The topological polar surface area (TPSA) is 50.1 Å². The summed E-state index contributed by atoms with van der Waals surface area (Å²) >= 11 is 3.45. The van der Waals surface area contributed by atoms with Crippen molar-refractivity contribution in [3.63, 3.8) is 0 Å². The Kier molecular flexibility index (Phi) is 4.51. The Balaban J connectivity index is 3.17. The van der Waals surface area contributed by atoms with Gasteiger partial charge in [0, 0.05) is 4.47 Å². The molecule has 0 unspecified atom stereocenters. The van der Waals surface area contributed by atoms with Crippen LogP contribution in [0, 0.1) is 11.3 Å². The molecule has 1 rings (SSSR count). The molecule has 0 radical (unpaired) electrons. The summed E-state index contributed by atoms with van der Waals surface area (Å²) in [5.74, 6) is -0.308. The van der Waals surface area contributed by atoms with Crippen LogP contribution in [0.4, 0.5) is 0 Å². The van der Waals surface area contributed by atoms with Gasteiger partial charge in [0.25, 0.3) is 0 Å². The second kappa shape index (κ2) is 5.66. The van der Waals surface area contributed by atoms with Gasteiger partial charge in [0.15, 0.2) is 0 Å². The predicted molar refractivity (Wildman–Crippen MR) is 64.0 cm³/mol. The number of methoxy groups -OCH3 is 1. The van der Waals surface area contributed by atoms with Gasteiger partial charge in [0.1, 0.15) is 0 Å². The molecule has 4 heteroatoms. The molecule has 0 heterocycles. The van der Waals surface area contributed by atoms with Crippen molar-refractivity contribution in [3.05, 3.63) is 33.3 Å². The summed E-state index contributed by atoms with van der Waals surface area (Å²) < 4.78 is 5.50. The molecule has 1 aromatic rings. The van der Waals surface area contributed by atoms with E-state index in [-0.39, 0.29) is 12.4 Å². The fraction of sp³-hybridized carbons (Fsp3) is 0.333. The van der Waals surface area contributed by atoms with E-state index in [9.17, 15) is 4.79 Å². The van der Waals surface area contributed by atoms with Crippen LogP contribution in [-0.2, 0) is 22.4 Å². The molecule has 0 spiro atoms. The summed E-state index contributed by atoms with van der Waals surface area (Å²) in [5, 5.41) is 8.88. The molecule has 0 N–H and O–H groups in total. The molecule has 3 nitrogen and oxygen atoms in total. The largest absolute Gasteiger partial charge is 0.469 e. The smallest absolute Gasteiger partial charge is 0.310 e. The van der Waals surface area contributed by atoms with E-state index in [4.69, 9.17) is 5.26 Å². The van der Waals surface area contributed by atoms with Crippen LogP contribution in [0.5, 0.6) is 0 Å². The van der Waals surface area contributed by atoms with Gasteiger partial charge in [-0.2, -0.15) is 5.26 Å². The molecule has 0 saturated heterocycles. The van der Waals surface area contributed by atoms with E-state index in [1.165, 1.54) is 7.11 Å². The molecular weight excluding hydrogens is 270 g/mol. The number of hydrogen-bond donors (Lipinski definition) is 0. The third-order valence-corrected chi connectivity index (χ3v) is 3.31. The van der Waals surface area contributed by atoms with Crippen molar-refractivity contribution in [2.75, 3.05) is 7.11 Å². The van der Waals surface area contributed by atoms with Crippen LogP contribution >= 0.6 is 15.9 Å². The van der Waals surface area contributed by atoms with Crippen molar-refractivity contribution in [3.8, 4) is 6.07 Å². The molecule has 84 valence electrons. The molecule has 0 aromatic heterocycles. The number of aryl methyl sites for hydroxylation is 1. The summed E-state index contributed by atoms with van der Waals surface area (Å²) in [6.45, 7) is 2.00. The minimum Gasteiger partial charge on any atom is -0.469 e. The number of nitriles is 1. The fourth-order valence-corrected chi connectivity index (χ4v) is 2.08. The average molecular weight is 282 g/mol. The molecule has 0 amide bonds. The zero-order valence-electron chi connectivity index (χ0n) is 9.21. The highest BCUT2D eigenvalue weighted by Crippen LogP contribution is 2.25. The van der Waals surface area contributed by atoms with Crippen LogP contribution < -0.4 is 0 Å². The number of carbonyl (C=O) groups excluding carboxylic acids is 1. The lowest BCUT2D eigenvalue weighted by molar-refractivity contribution is -0.139. The number of ether oxygens (including phenoxy) is 1. The summed E-state index contributed by atoms with van der Waals surface area (Å²) in [5.41, 5.74) is 2.39. The first-order chi connectivity index (χ1) is 7.62. The minimum atomic E-state index is -0.308. The number of esters is 1. The van der Waals surface area contributed by atoms with Gasteiger partial charge < -0.3 is 4.74 Å². The summed E-state index contributed by atoms with van der Waals surface area (Å²) in [7, 11) is 1.35. The fourth-order valence-electron chi connectivity index (χ4n) is 1.43. The van der Waals surface area contributed by atoms with Crippen molar-refractivity contribution in [2.24, 2.45) is 0 Å². The van der Waals surface area contributed by atoms with E-state index in [2.05, 4.69) is 26.7 Å². The maximum Gasteiger partial charge on any atom is 0.310 e. The third kappa shape index (κ3) is 2.83. The normalized spacial score (nSPS) is 9.62. The first kappa shape index (κ1) is 12.7. The zero-order valence-corrected chi connectivity index (χ0v) is 10.8. The number of benzene rings is 1. The summed E-state index contributed by atoms with van der Waals surface area (Å²) in [4.78, 5) is 11.2. The van der Waals surface area contributed by atoms with Crippen molar-refractivity contribution < 1.29 is 9.53 Å². The van der Waals surface area contributed by atoms with Crippen molar-refractivity contribution in [1.29, 1.82) is 5.26 Å². The SMILES string of the molecule is CCc1cc(C#N)cc(CC(=O)OC)c1Br. The van der Waals surface area contributed by atoms with E-state index in [0.717, 1.165) is 22.0 Å². The standard InChI is InChI=1S/C12H12BrNO2/c1-3-9-4-8(7-14)5-10(12(9)13)6-11(15)16-2/h4-5H,3,6H2,1-2H3. The van der Waals surface area contributed by atoms with Gasteiger partial charge in [-0.05, 0) is 29.7 Å². The van der Waals surface area contributed by atoms with Gasteiger partial charge in [0.2, 0.25) is 0 Å². The molecule has 0 atom stereocenters.